The number of methoxy groups -OCH3 is 1. The summed E-state index contributed by atoms with van der Waals surface area (Å²) in [5.74, 6) is 0.548. The molecule has 0 aromatic heterocycles. The van der Waals surface area contributed by atoms with Gasteiger partial charge in [0, 0.05) is 19.5 Å². The van der Waals surface area contributed by atoms with Gasteiger partial charge >= 0.3 is 0 Å². The van der Waals surface area contributed by atoms with E-state index in [-0.39, 0.29) is 18.9 Å². The number of hydrogen-bond donors (Lipinski definition) is 1. The molecule has 0 aliphatic rings. The molecule has 27 heavy (non-hydrogen) atoms. The molecule has 2 aromatic rings. The summed E-state index contributed by atoms with van der Waals surface area (Å²) in [6.45, 7) is 4.29. The monoisotopic (exact) mass is 390 g/mol. The molecule has 0 spiro atoms. The SMILES string of the molecule is COc1ccc(CNC(=O)CCN(c2ccc(C)cc2C)S(C)(=O)=O)cc1. The van der Waals surface area contributed by atoms with Crippen molar-refractivity contribution in [2.45, 2.75) is 26.8 Å². The minimum Gasteiger partial charge on any atom is -0.497 e. The highest BCUT2D eigenvalue weighted by molar-refractivity contribution is 7.92. The number of carbonyl (C=O) groups is 1. The summed E-state index contributed by atoms with van der Waals surface area (Å²) < 4.78 is 30.8. The molecule has 0 saturated heterocycles. The molecule has 0 fully saturated rings. The van der Waals surface area contributed by atoms with Crippen LogP contribution in [0, 0.1) is 13.8 Å². The van der Waals surface area contributed by atoms with Crippen molar-refractivity contribution in [1.82, 2.24) is 5.32 Å². The number of hydrogen-bond acceptors (Lipinski definition) is 4. The van der Waals surface area contributed by atoms with Gasteiger partial charge in [-0.25, -0.2) is 8.42 Å². The lowest BCUT2D eigenvalue weighted by Crippen LogP contribution is -2.35. The standard InChI is InChI=1S/C20H26N2O4S/c1-15-5-10-19(16(2)13-15)22(27(4,24)25)12-11-20(23)21-14-17-6-8-18(26-3)9-7-17/h5-10,13H,11-12,14H2,1-4H3,(H,21,23). The van der Waals surface area contributed by atoms with E-state index in [9.17, 15) is 13.2 Å². The molecule has 1 amide bonds. The number of nitrogens with zero attached hydrogens (tertiary/aromatic N) is 1. The first-order valence-electron chi connectivity index (χ1n) is 8.65. The second-order valence-corrected chi connectivity index (χ2v) is 8.41. The molecule has 0 unspecified atom stereocenters. The maximum Gasteiger partial charge on any atom is 0.232 e. The molecule has 7 heteroatoms. The maximum absolute atomic E-state index is 12.2. The van der Waals surface area contributed by atoms with Crippen molar-refractivity contribution in [2.24, 2.45) is 0 Å². The van der Waals surface area contributed by atoms with Crippen molar-refractivity contribution >= 4 is 21.6 Å². The third-order valence-corrected chi connectivity index (χ3v) is 5.39. The van der Waals surface area contributed by atoms with E-state index < -0.39 is 10.0 Å². The van der Waals surface area contributed by atoms with Gasteiger partial charge < -0.3 is 10.1 Å². The first kappa shape index (κ1) is 20.8. The Bertz CT molecular complexity index is 893. The largest absolute Gasteiger partial charge is 0.497 e. The third-order valence-electron chi connectivity index (χ3n) is 4.21. The summed E-state index contributed by atoms with van der Waals surface area (Å²) in [6.07, 6.45) is 1.23. The molecule has 2 aromatic carbocycles. The van der Waals surface area contributed by atoms with Gasteiger partial charge in [-0.2, -0.15) is 0 Å². The predicted molar refractivity (Wildman–Crippen MR) is 108 cm³/mol. The van der Waals surface area contributed by atoms with Gasteiger partial charge in [-0.3, -0.25) is 9.10 Å². The predicted octanol–water partition coefficient (Wildman–Crippen LogP) is 2.78. The highest BCUT2D eigenvalue weighted by atomic mass is 32.2. The van der Waals surface area contributed by atoms with Crippen LogP contribution >= 0.6 is 0 Å². The number of sulfonamides is 1. The summed E-state index contributed by atoms with van der Waals surface area (Å²) in [5.41, 5.74) is 3.46. The van der Waals surface area contributed by atoms with Gasteiger partial charge in [-0.05, 0) is 43.2 Å². The van der Waals surface area contributed by atoms with Crippen LogP contribution in [-0.4, -0.2) is 34.2 Å². The van der Waals surface area contributed by atoms with Gasteiger partial charge in [-0.15, -0.1) is 0 Å². The van der Waals surface area contributed by atoms with Crippen LogP contribution < -0.4 is 14.4 Å². The van der Waals surface area contributed by atoms with Gasteiger partial charge in [0.1, 0.15) is 5.75 Å². The summed E-state index contributed by atoms with van der Waals surface area (Å²) >= 11 is 0. The van der Waals surface area contributed by atoms with E-state index in [0.29, 0.717) is 12.2 Å². The summed E-state index contributed by atoms with van der Waals surface area (Å²) in [6, 6.07) is 13.0. The van der Waals surface area contributed by atoms with Crippen molar-refractivity contribution in [3.05, 3.63) is 59.2 Å². The van der Waals surface area contributed by atoms with Crippen LogP contribution in [0.1, 0.15) is 23.1 Å². The van der Waals surface area contributed by atoms with Crippen molar-refractivity contribution in [3.8, 4) is 5.75 Å². The summed E-state index contributed by atoms with van der Waals surface area (Å²) in [7, 11) is -1.89. The number of rotatable bonds is 8. The fourth-order valence-corrected chi connectivity index (χ4v) is 3.77. The first-order valence-corrected chi connectivity index (χ1v) is 10.5. The molecular formula is C20H26N2O4S. The minimum absolute atomic E-state index is 0.0799. The van der Waals surface area contributed by atoms with E-state index in [1.165, 1.54) is 4.31 Å². The Morgan fingerprint density at radius 2 is 1.78 bits per heavy atom. The van der Waals surface area contributed by atoms with Crippen molar-refractivity contribution in [1.29, 1.82) is 0 Å². The van der Waals surface area contributed by atoms with Gasteiger partial charge in [-0.1, -0.05) is 29.8 Å². The van der Waals surface area contributed by atoms with E-state index in [1.807, 2.05) is 50.2 Å². The van der Waals surface area contributed by atoms with Crippen molar-refractivity contribution in [2.75, 3.05) is 24.2 Å². The van der Waals surface area contributed by atoms with E-state index >= 15 is 0 Å². The van der Waals surface area contributed by atoms with E-state index in [0.717, 1.165) is 28.7 Å². The molecule has 1 N–H and O–H groups in total. The summed E-state index contributed by atoms with van der Waals surface area (Å²) in [5, 5.41) is 2.82. The number of anilines is 1. The highest BCUT2D eigenvalue weighted by Gasteiger charge is 2.20. The molecule has 0 saturated carbocycles. The Morgan fingerprint density at radius 3 is 2.33 bits per heavy atom. The van der Waals surface area contributed by atoms with Gasteiger partial charge in [0.2, 0.25) is 15.9 Å². The fourth-order valence-electron chi connectivity index (χ4n) is 2.79. The highest BCUT2D eigenvalue weighted by Crippen LogP contribution is 2.23. The molecular weight excluding hydrogens is 364 g/mol. The zero-order chi connectivity index (χ0) is 20.0. The topological polar surface area (TPSA) is 75.7 Å². The van der Waals surface area contributed by atoms with Gasteiger partial charge in [0.05, 0.1) is 19.1 Å². The number of amides is 1. The van der Waals surface area contributed by atoms with E-state index in [4.69, 9.17) is 4.74 Å². The van der Waals surface area contributed by atoms with Crippen LogP contribution in [0.3, 0.4) is 0 Å². The smallest absolute Gasteiger partial charge is 0.232 e. The Morgan fingerprint density at radius 1 is 1.11 bits per heavy atom. The zero-order valence-electron chi connectivity index (χ0n) is 16.2. The molecule has 6 nitrogen and oxygen atoms in total. The molecule has 0 aliphatic heterocycles. The Balaban J connectivity index is 1.98. The second kappa shape index (κ2) is 8.90. The van der Waals surface area contributed by atoms with Crippen LogP contribution in [-0.2, 0) is 21.4 Å². The molecule has 0 bridgehead atoms. The summed E-state index contributed by atoms with van der Waals surface area (Å²) in [4.78, 5) is 12.2. The second-order valence-electron chi connectivity index (χ2n) is 6.50. The quantitative estimate of drug-likeness (QED) is 0.752. The molecule has 0 atom stereocenters. The number of aryl methyl sites for hydroxylation is 2. The maximum atomic E-state index is 12.2. The van der Waals surface area contributed by atoms with Gasteiger partial charge in [0.25, 0.3) is 0 Å². The van der Waals surface area contributed by atoms with Crippen LogP contribution in [0.5, 0.6) is 5.75 Å². The average molecular weight is 391 g/mol. The Hall–Kier alpha value is -2.54. The lowest BCUT2D eigenvalue weighted by molar-refractivity contribution is -0.121. The third kappa shape index (κ3) is 5.99. The van der Waals surface area contributed by atoms with Crippen molar-refractivity contribution in [3.63, 3.8) is 0 Å². The van der Waals surface area contributed by atoms with Gasteiger partial charge in [0.15, 0.2) is 0 Å². The first-order chi connectivity index (χ1) is 12.7. The Labute approximate surface area is 161 Å². The molecule has 146 valence electrons. The van der Waals surface area contributed by atoms with Crippen LogP contribution in [0.25, 0.3) is 0 Å². The molecule has 2 rings (SSSR count). The number of benzene rings is 2. The number of carbonyl (C=O) groups excluding carboxylic acids is 1. The average Bonchev–Trinajstić information content (AvgIpc) is 2.61. The molecule has 0 heterocycles. The van der Waals surface area contributed by atoms with E-state index in [1.54, 1.807) is 13.2 Å². The zero-order valence-corrected chi connectivity index (χ0v) is 17.0. The normalized spacial score (nSPS) is 11.1. The molecule has 0 aliphatic carbocycles. The lowest BCUT2D eigenvalue weighted by atomic mass is 10.1. The lowest BCUT2D eigenvalue weighted by Gasteiger charge is -2.24. The fraction of sp³-hybridized carbons (Fsp3) is 0.350. The van der Waals surface area contributed by atoms with Crippen LogP contribution in [0.2, 0.25) is 0 Å². The number of ether oxygens (including phenoxy) is 1. The van der Waals surface area contributed by atoms with Crippen LogP contribution in [0.15, 0.2) is 42.5 Å². The van der Waals surface area contributed by atoms with E-state index in [2.05, 4.69) is 5.32 Å². The minimum atomic E-state index is -3.48. The van der Waals surface area contributed by atoms with Crippen molar-refractivity contribution < 1.29 is 17.9 Å². The Kier molecular flexibility index (Phi) is 6.85. The molecule has 0 radical (unpaired) electrons. The number of nitrogens with one attached hydrogen (secondary N) is 1. The van der Waals surface area contributed by atoms with Crippen LogP contribution in [0.4, 0.5) is 5.69 Å².